The van der Waals surface area contributed by atoms with Gasteiger partial charge in [0.05, 0.1) is 91.0 Å². The number of primary sulfonamides is 1. The number of anilines is 4. The second-order valence-electron chi connectivity index (χ2n) is 20.8. The number of hydrogen-bond donors (Lipinski definition) is 5. The van der Waals surface area contributed by atoms with Gasteiger partial charge in [-0.25, -0.2) is 51.6 Å². The molecule has 0 saturated carbocycles. The number of furan rings is 1. The molecule has 13 aromatic rings. The van der Waals surface area contributed by atoms with Crippen LogP contribution < -0.4 is 35.3 Å². The van der Waals surface area contributed by atoms with E-state index in [1.54, 1.807) is 37.6 Å². The number of aromatic nitrogens is 6. The Morgan fingerprint density at radius 3 is 1.51 bits per heavy atom. The van der Waals surface area contributed by atoms with E-state index in [2.05, 4.69) is 45.6 Å². The number of carbonyl (C=O) groups excluding carboxylic acids is 3. The second-order valence-corrected chi connectivity index (χ2v) is 24.1. The van der Waals surface area contributed by atoms with Crippen LogP contribution in [-0.2, 0) is 20.0 Å². The number of hydrogen-bond acceptors (Lipinski definition) is 18. The Hall–Kier alpha value is -12.7. The van der Waals surface area contributed by atoms with E-state index in [0.29, 0.717) is 101 Å². The Morgan fingerprint density at radius 1 is 0.490 bits per heavy atom. The number of nitrogens with zero attached hydrogens (tertiary/aromatic N) is 7. The highest BCUT2D eigenvalue weighted by atomic mass is 32.2. The van der Waals surface area contributed by atoms with Crippen LogP contribution in [0.5, 0.6) is 11.5 Å². The summed E-state index contributed by atoms with van der Waals surface area (Å²) < 4.78 is 66.6. The predicted molar refractivity (Wildman–Crippen MR) is 363 cm³/mol. The summed E-state index contributed by atoms with van der Waals surface area (Å²) in [4.78, 5) is 76.0. The monoisotopic (exact) mass is 1320 g/mol. The van der Waals surface area contributed by atoms with Gasteiger partial charge in [-0.1, -0.05) is 72.8 Å². The number of nitrogens with two attached hydrogens (primary N) is 1. The largest absolute Gasteiger partial charge is 0.496 e. The van der Waals surface area contributed by atoms with Gasteiger partial charge in [0, 0.05) is 57.8 Å². The molecule has 6 aromatic heterocycles. The number of nitro groups is 1. The van der Waals surface area contributed by atoms with Crippen molar-refractivity contribution in [2.75, 3.05) is 34.9 Å². The highest BCUT2D eigenvalue weighted by Crippen LogP contribution is 2.35. The molecule has 0 aliphatic rings. The standard InChI is InChI=1S/C25H19N5O4S.C24H19N3O5.C21H16N4O3S/c1-16-7-12-23(34-16)22-15-20(19-5-2-3-6-21(19)29-22)24(31)28-17-8-10-18(11-9-17)35(32,33)30-25-26-13-4-14-27-25;1-31-22-10-6-4-8-17(22)21-14-18(16-7-3-5-9-19(16)25-21)24(28)26-20-12-11-15(27(29)30)13-23(20)32-2;22-29(27,28)15-10-8-14(9-11-15)24-21(26)17-13-20(19-7-3-4-12-23-19)25-18-6-2-1-5-16(17)18/h2-15H,1H3,(H,28,31)(H,26,27,30);3-14H,1-2H3,(H,26,28);1-13H,(H,24,26)(H2,22,27,28). The lowest BCUT2D eigenvalue weighted by Crippen LogP contribution is -2.15. The van der Waals surface area contributed by atoms with Crippen LogP contribution >= 0.6 is 0 Å². The van der Waals surface area contributed by atoms with Gasteiger partial charge >= 0.3 is 0 Å². The Labute approximate surface area is 548 Å². The third kappa shape index (κ3) is 15.1. The molecule has 26 heteroatoms. The van der Waals surface area contributed by atoms with Crippen LogP contribution in [0.15, 0.2) is 251 Å². The number of pyridine rings is 4. The number of aryl methyl sites for hydroxylation is 1. The zero-order valence-corrected chi connectivity index (χ0v) is 52.6. The maximum atomic E-state index is 13.3. The molecular formula is C70H54N12O12S2. The number of methoxy groups -OCH3 is 2. The fourth-order valence-electron chi connectivity index (χ4n) is 9.89. The van der Waals surface area contributed by atoms with Gasteiger partial charge < -0.3 is 29.8 Å². The number of para-hydroxylation sites is 4. The fourth-order valence-corrected chi connectivity index (χ4v) is 11.4. The van der Waals surface area contributed by atoms with Crippen molar-refractivity contribution in [1.29, 1.82) is 0 Å². The first kappa shape index (κ1) is 64.9. The molecule has 24 nitrogen and oxygen atoms in total. The van der Waals surface area contributed by atoms with Crippen molar-refractivity contribution in [3.05, 3.63) is 270 Å². The number of non-ortho nitro benzene ring substituents is 1. The van der Waals surface area contributed by atoms with E-state index in [1.165, 1.54) is 86.2 Å². The lowest BCUT2D eigenvalue weighted by atomic mass is 10.0. The van der Waals surface area contributed by atoms with E-state index in [1.807, 2.05) is 134 Å². The van der Waals surface area contributed by atoms with Gasteiger partial charge in [0.25, 0.3) is 33.4 Å². The smallest absolute Gasteiger partial charge is 0.273 e. The van der Waals surface area contributed by atoms with E-state index in [9.17, 15) is 41.3 Å². The summed E-state index contributed by atoms with van der Waals surface area (Å²) in [5.41, 5.74) is 7.41. The van der Waals surface area contributed by atoms with E-state index < -0.39 is 30.9 Å². The number of fused-ring (bicyclic) bond motifs is 3. The highest BCUT2D eigenvalue weighted by Gasteiger charge is 2.22. The summed E-state index contributed by atoms with van der Waals surface area (Å²) in [6, 6.07) is 60.7. The first-order chi connectivity index (χ1) is 46.3. The van der Waals surface area contributed by atoms with E-state index in [-0.39, 0.29) is 39.0 Å². The third-order valence-corrected chi connectivity index (χ3v) is 16.8. The predicted octanol–water partition coefficient (Wildman–Crippen LogP) is 12.9. The van der Waals surface area contributed by atoms with Gasteiger partial charge in [0.2, 0.25) is 16.0 Å². The molecule has 6 N–H and O–H groups in total. The Kier molecular flexibility index (Phi) is 19.2. The highest BCUT2D eigenvalue weighted by molar-refractivity contribution is 7.92. The van der Waals surface area contributed by atoms with Crippen molar-refractivity contribution >= 4 is 99.2 Å². The van der Waals surface area contributed by atoms with E-state index in [0.717, 1.165) is 11.3 Å². The molecule has 6 heterocycles. The van der Waals surface area contributed by atoms with Crippen LogP contribution in [0.2, 0.25) is 0 Å². The molecule has 478 valence electrons. The first-order valence-electron chi connectivity index (χ1n) is 28.9. The lowest BCUT2D eigenvalue weighted by Gasteiger charge is -2.14. The fraction of sp³-hybridized carbons (Fsp3) is 0.0429. The van der Waals surface area contributed by atoms with Crippen LogP contribution in [0.1, 0.15) is 36.8 Å². The summed E-state index contributed by atoms with van der Waals surface area (Å²) >= 11 is 0. The van der Waals surface area contributed by atoms with Crippen molar-refractivity contribution in [3.8, 4) is 45.6 Å². The average Bonchev–Trinajstić information content (AvgIpc) is 1.20. The minimum Gasteiger partial charge on any atom is -0.496 e. The molecule has 0 spiro atoms. The molecule has 7 aromatic carbocycles. The topological polar surface area (TPSA) is 346 Å². The molecule has 0 aliphatic heterocycles. The summed E-state index contributed by atoms with van der Waals surface area (Å²) in [5.74, 6) is 0.998. The number of amides is 3. The molecule has 96 heavy (non-hydrogen) atoms. The number of rotatable bonds is 16. The molecular weight excluding hydrogens is 1260 g/mol. The summed E-state index contributed by atoms with van der Waals surface area (Å²) in [5, 5.41) is 26.6. The maximum Gasteiger partial charge on any atom is 0.273 e. The van der Waals surface area contributed by atoms with Gasteiger partial charge in [-0.3, -0.25) is 29.5 Å². The van der Waals surface area contributed by atoms with Gasteiger partial charge in [-0.15, -0.1) is 0 Å². The molecule has 0 saturated heterocycles. The second kappa shape index (κ2) is 28.5. The summed E-state index contributed by atoms with van der Waals surface area (Å²) in [7, 11) is -4.71. The molecule has 0 unspecified atom stereocenters. The van der Waals surface area contributed by atoms with E-state index in [4.69, 9.17) is 24.0 Å². The zero-order valence-electron chi connectivity index (χ0n) is 50.9. The van der Waals surface area contributed by atoms with Crippen LogP contribution in [0.25, 0.3) is 66.8 Å². The minimum absolute atomic E-state index is 0.00721. The van der Waals surface area contributed by atoms with Crippen molar-refractivity contribution in [3.63, 3.8) is 0 Å². The Balaban J connectivity index is 0.000000147. The number of carbonyl (C=O) groups is 3. The van der Waals surface area contributed by atoms with Crippen molar-refractivity contribution in [1.82, 2.24) is 29.9 Å². The zero-order chi connectivity index (χ0) is 67.5. The first-order valence-corrected chi connectivity index (χ1v) is 32.0. The number of benzene rings is 7. The maximum absolute atomic E-state index is 13.3. The van der Waals surface area contributed by atoms with Gasteiger partial charge in [0.15, 0.2) is 5.76 Å². The molecule has 0 bridgehead atoms. The lowest BCUT2D eigenvalue weighted by molar-refractivity contribution is -0.384. The molecule has 13 rings (SSSR count). The Morgan fingerprint density at radius 2 is 0.979 bits per heavy atom. The number of ether oxygens (including phenoxy) is 2. The minimum atomic E-state index is -3.88. The van der Waals surface area contributed by atoms with Gasteiger partial charge in [-0.05, 0) is 140 Å². The molecule has 3 amide bonds. The Bertz CT molecular complexity index is 5320. The number of nitrogens with one attached hydrogen (secondary N) is 4. The summed E-state index contributed by atoms with van der Waals surface area (Å²) in [6.45, 7) is 1.84. The van der Waals surface area contributed by atoms with Crippen LogP contribution in [-0.4, -0.2) is 83.6 Å². The van der Waals surface area contributed by atoms with Crippen molar-refractivity contribution in [2.45, 2.75) is 16.7 Å². The number of sulfonamides is 2. The number of nitro benzene ring substituents is 1. The van der Waals surface area contributed by atoms with Gasteiger partial charge in [-0.2, -0.15) is 0 Å². The van der Waals surface area contributed by atoms with Crippen LogP contribution in [0.4, 0.5) is 28.7 Å². The van der Waals surface area contributed by atoms with Crippen molar-refractivity contribution < 1.29 is 50.0 Å². The molecule has 0 fully saturated rings. The molecule has 0 radical (unpaired) electrons. The molecule has 0 aliphatic carbocycles. The SMILES string of the molecule is COc1cc([N+](=O)[O-])ccc1NC(=O)c1cc(-c2ccccc2OC)nc2ccccc12.Cc1ccc(-c2cc(C(=O)Nc3ccc(S(=O)(=O)Nc4ncccn4)cc3)c3ccccc3n2)o1.NS(=O)(=O)c1ccc(NC(=O)c2cc(-c3ccccn3)nc3ccccc23)cc1. The molecule has 0 atom stereocenters. The van der Waals surface area contributed by atoms with Gasteiger partial charge in [0.1, 0.15) is 23.0 Å². The van der Waals surface area contributed by atoms with Crippen LogP contribution in [0.3, 0.4) is 0 Å². The average molecular weight is 1320 g/mol. The normalized spacial score (nSPS) is 11.1. The quantitative estimate of drug-likeness (QED) is 0.0443. The van der Waals surface area contributed by atoms with Crippen LogP contribution in [0, 0.1) is 17.0 Å². The van der Waals surface area contributed by atoms with Crippen molar-refractivity contribution in [2.24, 2.45) is 5.14 Å². The van der Waals surface area contributed by atoms with E-state index >= 15 is 0 Å². The third-order valence-electron chi connectivity index (χ3n) is 14.5. The summed E-state index contributed by atoms with van der Waals surface area (Å²) in [6.07, 6.45) is 4.54.